The number of halogens is 1. The number of aryl methyl sites for hydroxylation is 2. The van der Waals surface area contributed by atoms with Crippen molar-refractivity contribution < 1.29 is 4.79 Å². The van der Waals surface area contributed by atoms with E-state index in [2.05, 4.69) is 18.2 Å². The molecule has 2 heteroatoms. The first-order chi connectivity index (χ1) is 7.72. The number of carbonyl (C=O) groups excluding carboxylic acids is 1. The van der Waals surface area contributed by atoms with E-state index in [0.29, 0.717) is 0 Å². The molecule has 2 rings (SSSR count). The van der Waals surface area contributed by atoms with E-state index in [1.807, 2.05) is 6.92 Å². The molecule has 0 amide bonds. The minimum atomic E-state index is -0.238. The molecule has 0 saturated carbocycles. The van der Waals surface area contributed by atoms with E-state index in [9.17, 15) is 4.79 Å². The molecule has 1 aliphatic carbocycles. The highest BCUT2D eigenvalue weighted by atomic mass is 35.5. The second-order valence-electron chi connectivity index (χ2n) is 4.50. The van der Waals surface area contributed by atoms with Gasteiger partial charge in [-0.05, 0) is 60.4 Å². The van der Waals surface area contributed by atoms with Crippen LogP contribution in [0.5, 0.6) is 0 Å². The van der Waals surface area contributed by atoms with Crippen molar-refractivity contribution in [2.75, 3.05) is 0 Å². The van der Waals surface area contributed by atoms with Gasteiger partial charge in [-0.25, -0.2) is 0 Å². The smallest absolute Gasteiger partial charge is 0.229 e. The summed E-state index contributed by atoms with van der Waals surface area (Å²) in [7, 11) is 0. The standard InChI is InChI=1S/C14H17ClO/c1-2-13(14(15)16)12-8-7-10-5-3-4-6-11(10)9-12/h7-9,13H,2-6H2,1H3. The van der Waals surface area contributed by atoms with Gasteiger partial charge >= 0.3 is 0 Å². The molecule has 1 aromatic carbocycles. The molecule has 1 nitrogen and oxygen atoms in total. The van der Waals surface area contributed by atoms with Crippen LogP contribution >= 0.6 is 11.6 Å². The molecule has 1 atom stereocenters. The van der Waals surface area contributed by atoms with Crippen molar-refractivity contribution in [1.29, 1.82) is 0 Å². The second kappa shape index (κ2) is 5.01. The number of rotatable bonds is 3. The summed E-state index contributed by atoms with van der Waals surface area (Å²) >= 11 is 5.62. The third kappa shape index (κ3) is 2.30. The number of hydrogen-bond donors (Lipinski definition) is 0. The van der Waals surface area contributed by atoms with Gasteiger partial charge in [0.1, 0.15) is 0 Å². The third-order valence-corrected chi connectivity index (χ3v) is 3.72. The van der Waals surface area contributed by atoms with Crippen molar-refractivity contribution in [3.05, 3.63) is 34.9 Å². The maximum absolute atomic E-state index is 11.3. The predicted octanol–water partition coefficient (Wildman–Crippen LogP) is 3.82. The topological polar surface area (TPSA) is 17.1 Å². The van der Waals surface area contributed by atoms with Crippen LogP contribution in [0.4, 0.5) is 0 Å². The van der Waals surface area contributed by atoms with Crippen molar-refractivity contribution in [2.45, 2.75) is 44.9 Å². The molecule has 86 valence electrons. The molecule has 0 bridgehead atoms. The van der Waals surface area contributed by atoms with Crippen LogP contribution in [-0.2, 0) is 17.6 Å². The monoisotopic (exact) mass is 236 g/mol. The van der Waals surface area contributed by atoms with Crippen molar-refractivity contribution in [1.82, 2.24) is 0 Å². The third-order valence-electron chi connectivity index (χ3n) is 3.46. The Bertz CT molecular complexity index is 398. The summed E-state index contributed by atoms with van der Waals surface area (Å²) in [5.74, 6) is -0.131. The Morgan fingerprint density at radius 2 is 2.00 bits per heavy atom. The molecule has 0 saturated heterocycles. The average molecular weight is 237 g/mol. The van der Waals surface area contributed by atoms with Gasteiger partial charge in [0.25, 0.3) is 0 Å². The van der Waals surface area contributed by atoms with Gasteiger partial charge in [-0.3, -0.25) is 4.79 Å². The van der Waals surface area contributed by atoms with Crippen molar-refractivity contribution in [2.24, 2.45) is 0 Å². The van der Waals surface area contributed by atoms with Gasteiger partial charge in [-0.1, -0.05) is 25.1 Å². The zero-order chi connectivity index (χ0) is 11.5. The van der Waals surface area contributed by atoms with E-state index in [0.717, 1.165) is 18.4 Å². The van der Waals surface area contributed by atoms with E-state index >= 15 is 0 Å². The Kier molecular flexibility index (Phi) is 3.65. The molecular weight excluding hydrogens is 220 g/mol. The highest BCUT2D eigenvalue weighted by molar-refractivity contribution is 6.64. The van der Waals surface area contributed by atoms with Gasteiger partial charge in [0, 0.05) is 0 Å². The molecule has 0 aromatic heterocycles. The van der Waals surface area contributed by atoms with Crippen LogP contribution in [0.1, 0.15) is 48.8 Å². The molecule has 0 fully saturated rings. The Balaban J connectivity index is 2.32. The van der Waals surface area contributed by atoms with Gasteiger partial charge in [-0.2, -0.15) is 0 Å². The first-order valence-corrected chi connectivity index (χ1v) is 6.41. The molecule has 1 aliphatic rings. The lowest BCUT2D eigenvalue weighted by Crippen LogP contribution is -2.08. The fraction of sp³-hybridized carbons (Fsp3) is 0.500. The molecular formula is C14H17ClO. The van der Waals surface area contributed by atoms with Crippen LogP contribution in [0.25, 0.3) is 0 Å². The molecule has 0 heterocycles. The fourth-order valence-electron chi connectivity index (χ4n) is 2.50. The highest BCUT2D eigenvalue weighted by Crippen LogP contribution is 2.28. The number of carbonyl (C=O) groups is 1. The minimum absolute atomic E-state index is 0.131. The summed E-state index contributed by atoms with van der Waals surface area (Å²) in [5, 5.41) is -0.238. The zero-order valence-electron chi connectivity index (χ0n) is 9.63. The molecule has 0 radical (unpaired) electrons. The SMILES string of the molecule is CCC(C(=O)Cl)c1ccc2c(c1)CCCC2. The minimum Gasteiger partial charge on any atom is -0.281 e. The summed E-state index contributed by atoms with van der Waals surface area (Å²) in [4.78, 5) is 11.3. The molecule has 16 heavy (non-hydrogen) atoms. The Morgan fingerprint density at radius 1 is 1.31 bits per heavy atom. The largest absolute Gasteiger partial charge is 0.281 e. The van der Waals surface area contributed by atoms with E-state index in [4.69, 9.17) is 11.6 Å². The van der Waals surface area contributed by atoms with Crippen LogP contribution < -0.4 is 0 Å². The Hall–Kier alpha value is -0.820. The van der Waals surface area contributed by atoms with Crippen LogP contribution in [0, 0.1) is 0 Å². The van der Waals surface area contributed by atoms with E-state index in [-0.39, 0.29) is 11.2 Å². The molecule has 0 aliphatic heterocycles. The quantitative estimate of drug-likeness (QED) is 0.730. The summed E-state index contributed by atoms with van der Waals surface area (Å²) in [6.07, 6.45) is 5.67. The summed E-state index contributed by atoms with van der Waals surface area (Å²) in [6.45, 7) is 2.00. The second-order valence-corrected chi connectivity index (χ2v) is 4.87. The van der Waals surface area contributed by atoms with E-state index in [1.54, 1.807) is 0 Å². The molecule has 0 N–H and O–H groups in total. The number of fused-ring (bicyclic) bond motifs is 1. The lowest BCUT2D eigenvalue weighted by atomic mass is 9.87. The fourth-order valence-corrected chi connectivity index (χ4v) is 2.78. The molecule has 0 spiro atoms. The van der Waals surface area contributed by atoms with Gasteiger partial charge in [0.05, 0.1) is 5.92 Å². The number of hydrogen-bond acceptors (Lipinski definition) is 1. The van der Waals surface area contributed by atoms with Crippen molar-refractivity contribution in [3.63, 3.8) is 0 Å². The van der Waals surface area contributed by atoms with Crippen LogP contribution in [0.2, 0.25) is 0 Å². The van der Waals surface area contributed by atoms with E-state index < -0.39 is 0 Å². The maximum atomic E-state index is 11.3. The summed E-state index contributed by atoms with van der Waals surface area (Å²) in [5.41, 5.74) is 3.95. The van der Waals surface area contributed by atoms with Crippen molar-refractivity contribution >= 4 is 16.8 Å². The van der Waals surface area contributed by atoms with Crippen molar-refractivity contribution in [3.8, 4) is 0 Å². The van der Waals surface area contributed by atoms with Crippen LogP contribution in [0.3, 0.4) is 0 Å². The first-order valence-electron chi connectivity index (χ1n) is 6.03. The lowest BCUT2D eigenvalue weighted by Gasteiger charge is -2.18. The highest BCUT2D eigenvalue weighted by Gasteiger charge is 2.18. The van der Waals surface area contributed by atoms with Gasteiger partial charge in [0.15, 0.2) is 0 Å². The Labute approximate surface area is 102 Å². The zero-order valence-corrected chi connectivity index (χ0v) is 10.4. The number of benzene rings is 1. The molecule has 1 aromatic rings. The van der Waals surface area contributed by atoms with Gasteiger partial charge < -0.3 is 0 Å². The predicted molar refractivity (Wildman–Crippen MR) is 67.0 cm³/mol. The first kappa shape index (κ1) is 11.7. The van der Waals surface area contributed by atoms with Gasteiger partial charge in [-0.15, -0.1) is 0 Å². The average Bonchev–Trinajstić information content (AvgIpc) is 2.29. The summed E-state index contributed by atoms with van der Waals surface area (Å²) < 4.78 is 0. The lowest BCUT2D eigenvalue weighted by molar-refractivity contribution is -0.113. The van der Waals surface area contributed by atoms with Crippen LogP contribution in [-0.4, -0.2) is 5.24 Å². The van der Waals surface area contributed by atoms with Crippen LogP contribution in [0.15, 0.2) is 18.2 Å². The van der Waals surface area contributed by atoms with Gasteiger partial charge in [0.2, 0.25) is 5.24 Å². The van der Waals surface area contributed by atoms with E-state index in [1.165, 1.54) is 30.4 Å². The Morgan fingerprint density at radius 3 is 2.62 bits per heavy atom. The normalized spacial score (nSPS) is 16.6. The molecule has 1 unspecified atom stereocenters. The maximum Gasteiger partial charge on any atom is 0.229 e. The summed E-state index contributed by atoms with van der Waals surface area (Å²) in [6, 6.07) is 6.42.